The predicted octanol–water partition coefficient (Wildman–Crippen LogP) is 1.32. The molecule has 3 heteroatoms. The van der Waals surface area contributed by atoms with Crippen molar-refractivity contribution in [3.05, 3.63) is 0 Å². The van der Waals surface area contributed by atoms with Crippen LogP contribution in [0.15, 0.2) is 0 Å². The normalized spacial score (nSPS) is 15.0. The maximum Gasteiger partial charge on any atom is 0.243 e. The molecule has 1 unspecified atom stereocenters. The highest BCUT2D eigenvalue weighted by Gasteiger charge is 2.12. The van der Waals surface area contributed by atoms with Gasteiger partial charge in [-0.05, 0) is 0 Å². The Morgan fingerprint density at radius 1 is 1.57 bits per heavy atom. The van der Waals surface area contributed by atoms with E-state index < -0.39 is 19.0 Å². The minimum absolute atomic E-state index is 0.683. The van der Waals surface area contributed by atoms with Gasteiger partial charge in [0.05, 0.1) is 6.61 Å². The van der Waals surface area contributed by atoms with Crippen molar-refractivity contribution in [2.24, 2.45) is 5.92 Å². The van der Waals surface area contributed by atoms with Gasteiger partial charge >= 0.3 is 0 Å². The molecule has 7 heavy (non-hydrogen) atoms. The average Bonchev–Trinajstić information content (AvgIpc) is 1.65. The lowest BCUT2D eigenvalue weighted by Gasteiger charge is -2.00. The van der Waals surface area contributed by atoms with Gasteiger partial charge in [-0.15, -0.1) is 0 Å². The Bertz CT molecular complexity index is 47.0. The van der Waals surface area contributed by atoms with Crippen LogP contribution in [0.1, 0.15) is 6.92 Å². The Morgan fingerprint density at radius 3 is 2.00 bits per heavy atom. The first-order chi connectivity index (χ1) is 3.18. The molecule has 0 saturated heterocycles. The summed E-state index contributed by atoms with van der Waals surface area (Å²) in [7, 11) is 0. The smallest absolute Gasteiger partial charge is 0.236 e. The van der Waals surface area contributed by atoms with Gasteiger partial charge in [0.1, 0.15) is 0 Å². The first kappa shape index (κ1) is 6.82. The zero-order chi connectivity index (χ0) is 5.86. The molecule has 1 radical (unpaired) electrons. The Morgan fingerprint density at radius 2 is 2.00 bits per heavy atom. The fourth-order valence-electron chi connectivity index (χ4n) is 0.0727. The maximum atomic E-state index is 11.2. The maximum absolute atomic E-state index is 11.2. The predicted molar refractivity (Wildman–Crippen MR) is 20.7 cm³/mol. The van der Waals surface area contributed by atoms with E-state index in [1.807, 2.05) is 0 Å². The molecule has 0 aromatic rings. The van der Waals surface area contributed by atoms with Gasteiger partial charge < -0.3 is 0 Å². The molecule has 0 aromatic heterocycles. The lowest BCUT2D eigenvalue weighted by molar-refractivity contribution is 0.0288. The summed E-state index contributed by atoms with van der Waals surface area (Å²) < 4.78 is 22.5. The van der Waals surface area contributed by atoms with Crippen molar-refractivity contribution in [3.8, 4) is 0 Å². The molecule has 0 bridgehead atoms. The highest BCUT2D eigenvalue weighted by Crippen LogP contribution is 2.05. The number of hydrogen-bond donors (Lipinski definition) is 0. The molecule has 0 amide bonds. The summed E-state index contributed by atoms with van der Waals surface area (Å²) >= 11 is 0. The van der Waals surface area contributed by atoms with Crippen molar-refractivity contribution >= 4 is 0 Å². The van der Waals surface area contributed by atoms with Crippen LogP contribution in [0, 0.1) is 5.92 Å². The molecule has 0 aromatic carbocycles. The van der Waals surface area contributed by atoms with E-state index in [0.29, 0.717) is 0 Å². The summed E-state index contributed by atoms with van der Waals surface area (Å²) in [5.74, 6) is -0.986. The van der Waals surface area contributed by atoms with Crippen LogP contribution in [0.2, 0.25) is 0 Å². The van der Waals surface area contributed by atoms with E-state index in [1.165, 1.54) is 6.92 Å². The van der Waals surface area contributed by atoms with E-state index in [9.17, 15) is 13.9 Å². The summed E-state index contributed by atoms with van der Waals surface area (Å²) in [5.41, 5.74) is 0. The zero-order valence-electron chi connectivity index (χ0n) is 4.03. The summed E-state index contributed by atoms with van der Waals surface area (Å²) in [6.07, 6.45) is -2.45. The van der Waals surface area contributed by atoms with Gasteiger partial charge in [-0.1, -0.05) is 6.92 Å². The van der Waals surface area contributed by atoms with Crippen molar-refractivity contribution < 1.29 is 13.9 Å². The van der Waals surface area contributed by atoms with Gasteiger partial charge in [-0.2, -0.15) is 0 Å². The van der Waals surface area contributed by atoms with Crippen LogP contribution in [0.3, 0.4) is 0 Å². The molecule has 0 aliphatic rings. The summed E-state index contributed by atoms with van der Waals surface area (Å²) in [5, 5.41) is 9.59. The summed E-state index contributed by atoms with van der Waals surface area (Å²) in [6.45, 7) is 0.551. The van der Waals surface area contributed by atoms with E-state index in [4.69, 9.17) is 0 Å². The minimum atomic E-state index is -2.45. The first-order valence-electron chi connectivity index (χ1n) is 2.04. The van der Waals surface area contributed by atoms with Crippen LogP contribution in [0.5, 0.6) is 0 Å². The Labute approximate surface area is 41.0 Å². The second-order valence-electron chi connectivity index (χ2n) is 1.48. The molecule has 0 aliphatic carbocycles. The third-order valence-corrected chi connectivity index (χ3v) is 0.693. The topological polar surface area (TPSA) is 19.9 Å². The van der Waals surface area contributed by atoms with Gasteiger partial charge in [-0.25, -0.2) is 13.9 Å². The Hall–Kier alpha value is -0.180. The van der Waals surface area contributed by atoms with E-state index in [2.05, 4.69) is 0 Å². The van der Waals surface area contributed by atoms with E-state index in [1.54, 1.807) is 0 Å². The molecule has 0 heterocycles. The van der Waals surface area contributed by atoms with Crippen molar-refractivity contribution in [1.82, 2.24) is 0 Å². The van der Waals surface area contributed by atoms with Crippen molar-refractivity contribution in [2.75, 3.05) is 6.61 Å². The van der Waals surface area contributed by atoms with E-state index in [0.717, 1.165) is 0 Å². The molecule has 1 nitrogen and oxygen atoms in total. The van der Waals surface area contributed by atoms with Crippen molar-refractivity contribution in [2.45, 2.75) is 13.3 Å². The van der Waals surface area contributed by atoms with E-state index in [-0.39, 0.29) is 0 Å². The number of halogens is 2. The average molecular weight is 109 g/mol. The lowest BCUT2D eigenvalue weighted by Crippen LogP contribution is -2.09. The van der Waals surface area contributed by atoms with Gasteiger partial charge in [0, 0.05) is 5.92 Å². The highest BCUT2D eigenvalue weighted by molar-refractivity contribution is 4.49. The number of rotatable bonds is 2. The molecule has 0 spiro atoms. The van der Waals surface area contributed by atoms with Gasteiger partial charge in [0.2, 0.25) is 6.43 Å². The van der Waals surface area contributed by atoms with Crippen molar-refractivity contribution in [1.29, 1.82) is 0 Å². The van der Waals surface area contributed by atoms with Crippen LogP contribution in [0.25, 0.3) is 0 Å². The largest absolute Gasteiger partial charge is 0.243 e. The van der Waals surface area contributed by atoms with Crippen LogP contribution in [0.4, 0.5) is 8.78 Å². The molecule has 0 saturated carbocycles. The number of alkyl halides is 2. The molecule has 1 atom stereocenters. The fourth-order valence-corrected chi connectivity index (χ4v) is 0.0727. The van der Waals surface area contributed by atoms with Crippen LogP contribution in [-0.4, -0.2) is 13.0 Å². The van der Waals surface area contributed by atoms with Gasteiger partial charge in [0.25, 0.3) is 0 Å². The molecule has 0 fully saturated rings. The monoisotopic (exact) mass is 109 g/mol. The lowest BCUT2D eigenvalue weighted by atomic mass is 10.2. The third-order valence-electron chi connectivity index (χ3n) is 0.693. The molecular weight excluding hydrogens is 102 g/mol. The fraction of sp³-hybridized carbons (Fsp3) is 1.00. The third kappa shape index (κ3) is 2.51. The number of hydrogen-bond acceptors (Lipinski definition) is 0. The van der Waals surface area contributed by atoms with Crippen LogP contribution in [-0.2, 0) is 5.11 Å². The molecule has 0 aliphatic heterocycles. The van der Waals surface area contributed by atoms with Gasteiger partial charge in [0.15, 0.2) is 0 Å². The molecule has 0 rings (SSSR count). The SMILES string of the molecule is CC(C[O])C(F)F. The second kappa shape index (κ2) is 2.91. The molecule has 0 N–H and O–H groups in total. The van der Waals surface area contributed by atoms with Crippen molar-refractivity contribution in [3.63, 3.8) is 0 Å². The highest BCUT2D eigenvalue weighted by atomic mass is 19.3. The minimum Gasteiger partial charge on any atom is -0.236 e. The molecule has 43 valence electrons. The Kier molecular flexibility index (Phi) is 2.83. The second-order valence-corrected chi connectivity index (χ2v) is 1.48. The zero-order valence-corrected chi connectivity index (χ0v) is 4.03. The van der Waals surface area contributed by atoms with Crippen LogP contribution < -0.4 is 0 Å². The van der Waals surface area contributed by atoms with Crippen LogP contribution >= 0.6 is 0 Å². The summed E-state index contributed by atoms with van der Waals surface area (Å²) in [4.78, 5) is 0. The molecular formula is C4H7F2O. The van der Waals surface area contributed by atoms with Gasteiger partial charge in [-0.3, -0.25) is 0 Å². The van der Waals surface area contributed by atoms with E-state index >= 15 is 0 Å². The standard InChI is InChI=1S/C4H7F2O/c1-3(2-7)4(5)6/h3-4H,2H2,1H3. The Balaban J connectivity index is 3.14. The first-order valence-corrected chi connectivity index (χ1v) is 2.04. The quantitative estimate of drug-likeness (QED) is 0.509. The summed E-state index contributed by atoms with van der Waals surface area (Å²) in [6, 6.07) is 0.